The van der Waals surface area contributed by atoms with E-state index in [-0.39, 0.29) is 6.61 Å². The average Bonchev–Trinajstić information content (AvgIpc) is 3.49. The molecule has 0 radical (unpaired) electrons. The fourth-order valence-electron chi connectivity index (χ4n) is 5.64. The second kappa shape index (κ2) is 14.3. The van der Waals surface area contributed by atoms with Gasteiger partial charge < -0.3 is 19.3 Å². The lowest BCUT2D eigenvalue weighted by molar-refractivity contribution is -0.144. The van der Waals surface area contributed by atoms with Crippen LogP contribution < -0.4 is 9.47 Å². The Balaban J connectivity index is 1.42. The normalized spacial score (nSPS) is 17.0. The third-order valence-corrected chi connectivity index (χ3v) is 11.1. The molecule has 228 valence electrons. The van der Waals surface area contributed by atoms with E-state index in [0.717, 1.165) is 20.9 Å². The number of cyclic esters (lactones) is 1. The van der Waals surface area contributed by atoms with Crippen LogP contribution >= 0.6 is 23.5 Å². The number of methoxy groups -OCH3 is 1. The zero-order valence-corrected chi connectivity index (χ0v) is 26.5. The zero-order chi connectivity index (χ0) is 31.1. The summed E-state index contributed by atoms with van der Waals surface area (Å²) in [5, 5.41) is 12.0. The number of rotatable bonds is 12. The van der Waals surface area contributed by atoms with Gasteiger partial charge in [0.15, 0.2) is 0 Å². The Morgan fingerprint density at radius 3 is 2.02 bits per heavy atom. The first-order chi connectivity index (χ1) is 22.1. The molecule has 0 saturated carbocycles. The molecule has 5 nitrogen and oxygen atoms in total. The molecule has 3 unspecified atom stereocenters. The van der Waals surface area contributed by atoms with Gasteiger partial charge in [-0.05, 0) is 65.2 Å². The fraction of sp³-hybridized carbons (Fsp3) is 0.184. The van der Waals surface area contributed by atoms with Crippen molar-refractivity contribution in [2.24, 2.45) is 11.8 Å². The molecule has 0 spiro atoms. The summed E-state index contributed by atoms with van der Waals surface area (Å²) in [6.07, 6.45) is -1.12. The zero-order valence-electron chi connectivity index (χ0n) is 24.8. The number of hydrogen-bond acceptors (Lipinski definition) is 7. The fourth-order valence-corrected chi connectivity index (χ4v) is 8.89. The molecule has 1 aliphatic heterocycles. The molecule has 0 amide bonds. The number of thioether (sulfide) groups is 2. The first-order valence-electron chi connectivity index (χ1n) is 14.8. The molecule has 0 aliphatic carbocycles. The smallest absolute Gasteiger partial charge is 0.312 e. The van der Waals surface area contributed by atoms with Crippen molar-refractivity contribution in [3.63, 3.8) is 0 Å². The highest BCUT2D eigenvalue weighted by atomic mass is 32.2. The molecule has 0 bridgehead atoms. The topological polar surface area (TPSA) is 65.0 Å². The maximum atomic E-state index is 13.6. The summed E-state index contributed by atoms with van der Waals surface area (Å²) in [4.78, 5) is 15.7. The first kappa shape index (κ1) is 30.8. The molecular weight excluding hydrogens is 601 g/mol. The summed E-state index contributed by atoms with van der Waals surface area (Å²) >= 11 is 3.33. The Bertz CT molecular complexity index is 1660. The molecule has 1 aliphatic rings. The van der Waals surface area contributed by atoms with Crippen LogP contribution in [0, 0.1) is 11.8 Å². The van der Waals surface area contributed by atoms with Gasteiger partial charge in [-0.1, -0.05) is 91.0 Å². The number of aliphatic hydroxyl groups is 1. The lowest BCUT2D eigenvalue weighted by atomic mass is 9.82. The monoisotopic (exact) mass is 634 g/mol. The van der Waals surface area contributed by atoms with Crippen molar-refractivity contribution in [2.75, 3.05) is 13.7 Å². The van der Waals surface area contributed by atoms with Crippen LogP contribution in [-0.4, -0.2) is 24.8 Å². The van der Waals surface area contributed by atoms with Gasteiger partial charge in [-0.25, -0.2) is 0 Å². The van der Waals surface area contributed by atoms with Crippen LogP contribution in [0.5, 0.6) is 11.5 Å². The molecule has 5 aromatic rings. The van der Waals surface area contributed by atoms with E-state index < -0.39 is 28.0 Å². The largest absolute Gasteiger partial charge is 0.497 e. The van der Waals surface area contributed by atoms with Crippen molar-refractivity contribution >= 4 is 29.5 Å². The van der Waals surface area contributed by atoms with Gasteiger partial charge in [0.05, 0.1) is 25.7 Å². The van der Waals surface area contributed by atoms with Crippen LogP contribution in [0.3, 0.4) is 0 Å². The lowest BCUT2D eigenvalue weighted by Gasteiger charge is -2.40. The Labute approximate surface area is 272 Å². The number of esters is 1. The van der Waals surface area contributed by atoms with E-state index >= 15 is 0 Å². The van der Waals surface area contributed by atoms with E-state index in [1.54, 1.807) is 30.6 Å². The first-order valence-corrected chi connectivity index (χ1v) is 16.4. The van der Waals surface area contributed by atoms with Gasteiger partial charge >= 0.3 is 5.97 Å². The Morgan fingerprint density at radius 2 is 1.38 bits per heavy atom. The molecule has 1 N–H and O–H groups in total. The van der Waals surface area contributed by atoms with Crippen molar-refractivity contribution in [1.82, 2.24) is 0 Å². The maximum absolute atomic E-state index is 13.6. The number of ether oxygens (including phenoxy) is 3. The summed E-state index contributed by atoms with van der Waals surface area (Å²) in [7, 11) is 1.65. The second-order valence-corrected chi connectivity index (χ2v) is 13.7. The van der Waals surface area contributed by atoms with Gasteiger partial charge in [0.25, 0.3) is 0 Å². The van der Waals surface area contributed by atoms with Crippen LogP contribution in [0.25, 0.3) is 0 Å². The molecule has 5 aromatic carbocycles. The van der Waals surface area contributed by atoms with Crippen LogP contribution in [0.1, 0.15) is 22.8 Å². The van der Waals surface area contributed by atoms with E-state index in [9.17, 15) is 9.90 Å². The van der Waals surface area contributed by atoms with Crippen molar-refractivity contribution in [3.05, 3.63) is 156 Å². The van der Waals surface area contributed by atoms with Gasteiger partial charge in [-0.15, -0.1) is 23.5 Å². The van der Waals surface area contributed by atoms with E-state index in [0.29, 0.717) is 23.7 Å². The van der Waals surface area contributed by atoms with Crippen molar-refractivity contribution < 1.29 is 24.1 Å². The predicted octanol–water partition coefficient (Wildman–Crippen LogP) is 8.53. The molecule has 1 fully saturated rings. The lowest BCUT2D eigenvalue weighted by Crippen LogP contribution is -2.37. The predicted molar refractivity (Wildman–Crippen MR) is 179 cm³/mol. The minimum Gasteiger partial charge on any atom is -0.497 e. The quantitative estimate of drug-likeness (QED) is 0.0838. The summed E-state index contributed by atoms with van der Waals surface area (Å²) in [6, 6.07) is 45.6. The Morgan fingerprint density at radius 1 is 0.778 bits per heavy atom. The molecular formula is C38H34O5S2. The SMILES string of the molecule is COc1cccc(C(Sc2ccccc2)(Sc2ccccc2)C2COC(=O)C2C(O)c2cccc(OCc3ccccc3)c2)c1. The highest BCUT2D eigenvalue weighted by molar-refractivity contribution is 8.17. The molecule has 1 saturated heterocycles. The number of carbonyl (C=O) groups excluding carboxylic acids is 1. The Kier molecular flexibility index (Phi) is 9.79. The van der Waals surface area contributed by atoms with Gasteiger partial charge in [0.1, 0.15) is 22.2 Å². The molecule has 1 heterocycles. The number of aliphatic hydroxyl groups excluding tert-OH is 1. The summed E-state index contributed by atoms with van der Waals surface area (Å²) in [6.45, 7) is 0.552. The van der Waals surface area contributed by atoms with E-state index in [2.05, 4.69) is 30.3 Å². The molecule has 0 aromatic heterocycles. The molecule has 45 heavy (non-hydrogen) atoms. The van der Waals surface area contributed by atoms with E-state index in [1.807, 2.05) is 109 Å². The van der Waals surface area contributed by atoms with Crippen LogP contribution in [0.15, 0.2) is 149 Å². The second-order valence-electron chi connectivity index (χ2n) is 10.8. The summed E-state index contributed by atoms with van der Waals surface area (Å²) < 4.78 is 16.8. The number of carbonyl (C=O) groups is 1. The van der Waals surface area contributed by atoms with Gasteiger partial charge in [0.2, 0.25) is 0 Å². The third-order valence-electron chi connectivity index (χ3n) is 7.88. The minimum atomic E-state index is -1.12. The van der Waals surface area contributed by atoms with Crippen LogP contribution in [-0.2, 0) is 20.2 Å². The van der Waals surface area contributed by atoms with Gasteiger partial charge in [-0.2, -0.15) is 0 Å². The van der Waals surface area contributed by atoms with Crippen molar-refractivity contribution in [3.8, 4) is 11.5 Å². The summed E-state index contributed by atoms with van der Waals surface area (Å²) in [5.74, 6) is -0.346. The number of benzene rings is 5. The van der Waals surface area contributed by atoms with Crippen molar-refractivity contribution in [1.29, 1.82) is 0 Å². The van der Waals surface area contributed by atoms with Crippen molar-refractivity contribution in [2.45, 2.75) is 26.6 Å². The highest BCUT2D eigenvalue weighted by Gasteiger charge is 2.55. The van der Waals surface area contributed by atoms with E-state index in [1.165, 1.54) is 0 Å². The Hall–Kier alpha value is -4.17. The minimum absolute atomic E-state index is 0.154. The van der Waals surface area contributed by atoms with Crippen LogP contribution in [0.2, 0.25) is 0 Å². The van der Waals surface area contributed by atoms with Gasteiger partial charge in [0, 0.05) is 15.7 Å². The molecule has 6 rings (SSSR count). The molecule has 7 heteroatoms. The maximum Gasteiger partial charge on any atom is 0.312 e. The molecule has 3 atom stereocenters. The average molecular weight is 635 g/mol. The van der Waals surface area contributed by atoms with Gasteiger partial charge in [-0.3, -0.25) is 4.79 Å². The van der Waals surface area contributed by atoms with E-state index in [4.69, 9.17) is 14.2 Å². The standard InChI is InChI=1S/C38H34O5S2/c1-41-30-17-12-16-29(24-30)38(44-32-19-7-3-8-20-32,45-33-21-9-4-10-22-33)34-26-43-37(40)35(34)36(39)28-15-11-18-31(23-28)42-25-27-13-5-2-6-14-27/h2-24,34-36,39H,25-26H2,1H3. The third kappa shape index (κ3) is 7.06. The number of hydrogen-bond donors (Lipinski definition) is 1. The van der Waals surface area contributed by atoms with Crippen LogP contribution in [0.4, 0.5) is 0 Å². The highest BCUT2D eigenvalue weighted by Crippen LogP contribution is 2.62. The summed E-state index contributed by atoms with van der Waals surface area (Å²) in [5.41, 5.74) is 2.61.